The van der Waals surface area contributed by atoms with E-state index in [4.69, 9.17) is 4.42 Å². The fourth-order valence-electron chi connectivity index (χ4n) is 1.05. The van der Waals surface area contributed by atoms with Crippen LogP contribution < -0.4 is 5.11 Å². The first-order valence-corrected chi connectivity index (χ1v) is 4.82. The molecule has 2 aromatic rings. The first-order valence-electron chi connectivity index (χ1n) is 3.94. The van der Waals surface area contributed by atoms with Gasteiger partial charge in [-0.15, -0.1) is 11.3 Å². The van der Waals surface area contributed by atoms with Crippen LogP contribution in [-0.2, 0) is 11.2 Å². The van der Waals surface area contributed by atoms with Crippen molar-refractivity contribution in [1.82, 2.24) is 4.98 Å². The Morgan fingerprint density at radius 3 is 3.14 bits per heavy atom. The molecule has 0 atom stereocenters. The number of aromatic nitrogens is 1. The second-order valence-corrected chi connectivity index (χ2v) is 3.53. The van der Waals surface area contributed by atoms with Gasteiger partial charge < -0.3 is 14.3 Å². The summed E-state index contributed by atoms with van der Waals surface area (Å²) >= 11 is 1.35. The van der Waals surface area contributed by atoms with Crippen LogP contribution in [0.15, 0.2) is 28.2 Å². The maximum atomic E-state index is 10.3. The zero-order valence-electron chi connectivity index (χ0n) is 7.10. The van der Waals surface area contributed by atoms with E-state index in [1.165, 1.54) is 11.3 Å². The topological polar surface area (TPSA) is 66.2 Å². The Morgan fingerprint density at radius 1 is 1.64 bits per heavy atom. The second kappa shape index (κ2) is 3.63. The Bertz CT molecular complexity index is 433. The molecule has 0 aliphatic rings. The van der Waals surface area contributed by atoms with Crippen molar-refractivity contribution < 1.29 is 14.3 Å². The molecule has 2 rings (SSSR count). The Labute approximate surface area is 83.8 Å². The molecule has 0 aliphatic heterocycles. The van der Waals surface area contributed by atoms with E-state index in [-0.39, 0.29) is 6.42 Å². The average Bonchev–Trinajstić information content (AvgIpc) is 2.69. The van der Waals surface area contributed by atoms with Crippen molar-refractivity contribution in [2.24, 2.45) is 0 Å². The highest BCUT2D eigenvalue weighted by molar-refractivity contribution is 7.13. The van der Waals surface area contributed by atoms with Crippen LogP contribution in [-0.4, -0.2) is 11.0 Å². The smallest absolute Gasteiger partial charge is 0.162 e. The van der Waals surface area contributed by atoms with Crippen LogP contribution in [0.25, 0.3) is 10.8 Å². The number of carboxylic acids is 1. The minimum absolute atomic E-state index is 0.156. The third kappa shape index (κ3) is 1.82. The van der Waals surface area contributed by atoms with Crippen molar-refractivity contribution in [2.45, 2.75) is 6.42 Å². The van der Waals surface area contributed by atoms with Gasteiger partial charge in [0.2, 0.25) is 0 Å². The van der Waals surface area contributed by atoms with Crippen molar-refractivity contribution in [1.29, 1.82) is 0 Å². The number of furan rings is 1. The first-order chi connectivity index (χ1) is 6.75. The van der Waals surface area contributed by atoms with Crippen molar-refractivity contribution in [3.63, 3.8) is 0 Å². The van der Waals surface area contributed by atoms with Crippen LogP contribution in [0.4, 0.5) is 0 Å². The van der Waals surface area contributed by atoms with E-state index in [0.29, 0.717) is 16.5 Å². The largest absolute Gasteiger partial charge is 0.550 e. The van der Waals surface area contributed by atoms with Crippen molar-refractivity contribution in [3.8, 4) is 10.8 Å². The fraction of sp³-hybridized carbons (Fsp3) is 0.111. The van der Waals surface area contributed by atoms with Gasteiger partial charge in [0.15, 0.2) is 10.8 Å². The Kier molecular flexibility index (Phi) is 2.32. The van der Waals surface area contributed by atoms with Gasteiger partial charge >= 0.3 is 0 Å². The summed E-state index contributed by atoms with van der Waals surface area (Å²) in [4.78, 5) is 14.4. The molecule has 14 heavy (non-hydrogen) atoms. The molecule has 0 spiro atoms. The average molecular weight is 208 g/mol. The molecule has 5 heteroatoms. The quantitative estimate of drug-likeness (QED) is 0.744. The summed E-state index contributed by atoms with van der Waals surface area (Å²) in [7, 11) is 0. The van der Waals surface area contributed by atoms with Crippen LogP contribution in [0.5, 0.6) is 0 Å². The van der Waals surface area contributed by atoms with Gasteiger partial charge in [0.1, 0.15) is 0 Å². The van der Waals surface area contributed by atoms with E-state index in [1.54, 1.807) is 23.8 Å². The molecule has 0 amide bonds. The lowest BCUT2D eigenvalue weighted by Gasteiger charge is -1.95. The van der Waals surface area contributed by atoms with E-state index in [0.717, 1.165) is 0 Å². The fourth-order valence-corrected chi connectivity index (χ4v) is 1.84. The third-order valence-electron chi connectivity index (χ3n) is 1.61. The molecule has 4 nitrogen and oxygen atoms in total. The second-order valence-electron chi connectivity index (χ2n) is 2.67. The molecule has 0 aromatic carbocycles. The molecule has 72 valence electrons. The highest BCUT2D eigenvalue weighted by atomic mass is 32.1. The summed E-state index contributed by atoms with van der Waals surface area (Å²) in [5.74, 6) is -0.471. The predicted molar refractivity (Wildman–Crippen MR) is 48.5 cm³/mol. The number of carbonyl (C=O) groups is 1. The lowest BCUT2D eigenvalue weighted by atomic mass is 10.3. The number of carboxylic acid groups (broad SMARTS) is 1. The summed E-state index contributed by atoms with van der Waals surface area (Å²) in [5, 5.41) is 12.7. The maximum absolute atomic E-state index is 10.3. The molecule has 2 heterocycles. The van der Waals surface area contributed by atoms with E-state index in [2.05, 4.69) is 4.98 Å². The zero-order valence-corrected chi connectivity index (χ0v) is 7.91. The molecule has 0 unspecified atom stereocenters. The van der Waals surface area contributed by atoms with Gasteiger partial charge in [-0.05, 0) is 12.1 Å². The minimum Gasteiger partial charge on any atom is -0.550 e. The molecule has 0 bridgehead atoms. The van der Waals surface area contributed by atoms with Crippen LogP contribution in [0.3, 0.4) is 0 Å². The zero-order chi connectivity index (χ0) is 9.97. The Hall–Kier alpha value is -1.62. The van der Waals surface area contributed by atoms with Gasteiger partial charge in [0, 0.05) is 17.8 Å². The number of nitrogens with zero attached hydrogens (tertiary/aromatic N) is 1. The summed E-state index contributed by atoms with van der Waals surface area (Å²) in [6.07, 6.45) is 1.40. The first kappa shape index (κ1) is 8.96. The summed E-state index contributed by atoms with van der Waals surface area (Å²) in [6, 6.07) is 3.54. The van der Waals surface area contributed by atoms with E-state index in [1.807, 2.05) is 0 Å². The molecule has 0 N–H and O–H groups in total. The predicted octanol–water partition coefficient (Wildman–Crippen LogP) is 0.695. The van der Waals surface area contributed by atoms with E-state index in [9.17, 15) is 9.90 Å². The summed E-state index contributed by atoms with van der Waals surface area (Å²) in [5.41, 5.74) is 0.501. The monoisotopic (exact) mass is 208 g/mol. The molecule has 0 radical (unpaired) electrons. The molecular weight excluding hydrogens is 202 g/mol. The highest BCUT2D eigenvalue weighted by Crippen LogP contribution is 2.23. The maximum Gasteiger partial charge on any atom is 0.162 e. The summed E-state index contributed by atoms with van der Waals surface area (Å²) < 4.78 is 5.12. The molecule has 2 aromatic heterocycles. The lowest BCUT2D eigenvalue weighted by Crippen LogP contribution is -2.24. The van der Waals surface area contributed by atoms with Gasteiger partial charge in [-0.1, -0.05) is 0 Å². The SMILES string of the molecule is O=C([O-])Cc1csc(-c2ccco2)n1. The standard InChI is InChI=1S/C9H7NO3S/c11-8(12)4-6-5-14-9(10-6)7-2-1-3-13-7/h1-3,5H,4H2,(H,11,12)/p-1. The van der Waals surface area contributed by atoms with Crippen LogP contribution in [0.1, 0.15) is 5.69 Å². The number of hydrogen-bond acceptors (Lipinski definition) is 5. The Morgan fingerprint density at radius 2 is 2.50 bits per heavy atom. The van der Waals surface area contributed by atoms with E-state index >= 15 is 0 Å². The van der Waals surface area contributed by atoms with Crippen molar-refractivity contribution in [3.05, 3.63) is 29.5 Å². The van der Waals surface area contributed by atoms with Gasteiger partial charge in [-0.3, -0.25) is 0 Å². The minimum atomic E-state index is -1.12. The van der Waals surface area contributed by atoms with E-state index < -0.39 is 5.97 Å². The molecule has 0 fully saturated rings. The van der Waals surface area contributed by atoms with Gasteiger partial charge in [0.05, 0.1) is 12.0 Å². The summed E-state index contributed by atoms with van der Waals surface area (Å²) in [6.45, 7) is 0. The highest BCUT2D eigenvalue weighted by Gasteiger charge is 2.06. The molecular formula is C9H6NO3S-. The number of aliphatic carboxylic acids is 1. The van der Waals surface area contributed by atoms with Gasteiger partial charge in [0.25, 0.3) is 0 Å². The van der Waals surface area contributed by atoms with Crippen LogP contribution in [0.2, 0.25) is 0 Å². The number of thiazole rings is 1. The van der Waals surface area contributed by atoms with Crippen molar-refractivity contribution in [2.75, 3.05) is 0 Å². The van der Waals surface area contributed by atoms with Crippen molar-refractivity contribution >= 4 is 17.3 Å². The number of carbonyl (C=O) groups excluding carboxylic acids is 1. The normalized spacial score (nSPS) is 10.3. The van der Waals surface area contributed by atoms with Gasteiger partial charge in [-0.2, -0.15) is 0 Å². The number of rotatable bonds is 3. The van der Waals surface area contributed by atoms with Crippen LogP contribution >= 0.6 is 11.3 Å². The third-order valence-corrected chi connectivity index (χ3v) is 2.51. The van der Waals surface area contributed by atoms with Gasteiger partial charge in [-0.25, -0.2) is 4.98 Å². The number of hydrogen-bond donors (Lipinski definition) is 0. The molecule has 0 saturated carbocycles. The molecule has 0 saturated heterocycles. The van der Waals surface area contributed by atoms with Crippen LogP contribution in [0, 0.1) is 0 Å². The Balaban J connectivity index is 2.22. The molecule has 0 aliphatic carbocycles. The lowest BCUT2D eigenvalue weighted by molar-refractivity contribution is -0.304.